The predicted octanol–water partition coefficient (Wildman–Crippen LogP) is 4.10. The van der Waals surface area contributed by atoms with Gasteiger partial charge in [0.25, 0.3) is 0 Å². The van der Waals surface area contributed by atoms with E-state index in [0.717, 1.165) is 5.56 Å². The monoisotopic (exact) mass is 401 g/mol. The Morgan fingerprint density at radius 2 is 1.96 bits per heavy atom. The molecule has 0 aliphatic carbocycles. The number of aryl methyl sites for hydroxylation is 1. The van der Waals surface area contributed by atoms with E-state index in [0.29, 0.717) is 28.0 Å². The number of nitrogens with one attached hydrogen (secondary N) is 2. The van der Waals surface area contributed by atoms with E-state index in [1.54, 1.807) is 16.8 Å². The molecule has 0 spiro atoms. The summed E-state index contributed by atoms with van der Waals surface area (Å²) in [6.07, 6.45) is 0. The third-order valence-corrected chi connectivity index (χ3v) is 4.59. The Morgan fingerprint density at radius 1 is 1.26 bits per heavy atom. The minimum atomic E-state index is -0.157. The van der Waals surface area contributed by atoms with Crippen LogP contribution in [-0.2, 0) is 11.5 Å². The standard InChI is InChI=1S/C19H20ClN5OS/c1-13-7-9-14(10-8-13)18-22-19(27)25(23-18)12-24(2)11-17(26)21-16-6-4-3-5-15(16)20/h3-10H,11-12H2,1-2H3,(H,21,26)(H,22,23,27). The number of rotatable bonds is 6. The number of nitrogens with zero attached hydrogens (tertiary/aromatic N) is 3. The molecule has 0 atom stereocenters. The van der Waals surface area contributed by atoms with Crippen molar-refractivity contribution >= 4 is 35.4 Å². The second-order valence-electron chi connectivity index (χ2n) is 6.33. The second-order valence-corrected chi connectivity index (χ2v) is 7.10. The molecule has 0 aliphatic heterocycles. The van der Waals surface area contributed by atoms with E-state index >= 15 is 0 Å². The Balaban J connectivity index is 1.63. The SMILES string of the molecule is Cc1ccc(-c2nc(=S)n(CN(C)CC(=O)Nc3ccccc3Cl)[nH]2)cc1. The largest absolute Gasteiger partial charge is 0.324 e. The predicted molar refractivity (Wildman–Crippen MR) is 110 cm³/mol. The van der Waals surface area contributed by atoms with Crippen molar-refractivity contribution in [2.24, 2.45) is 0 Å². The molecule has 0 saturated heterocycles. The van der Waals surface area contributed by atoms with Crippen molar-refractivity contribution in [2.75, 3.05) is 18.9 Å². The zero-order valence-electron chi connectivity index (χ0n) is 15.1. The molecule has 3 rings (SSSR count). The van der Waals surface area contributed by atoms with Crippen molar-refractivity contribution in [3.63, 3.8) is 0 Å². The molecule has 0 unspecified atom stereocenters. The Bertz CT molecular complexity index is 996. The van der Waals surface area contributed by atoms with Crippen molar-refractivity contribution in [3.8, 4) is 11.4 Å². The van der Waals surface area contributed by atoms with Gasteiger partial charge in [-0.2, -0.15) is 4.98 Å². The number of halogens is 1. The van der Waals surface area contributed by atoms with Gasteiger partial charge in [0.15, 0.2) is 5.82 Å². The first-order chi connectivity index (χ1) is 12.9. The summed E-state index contributed by atoms with van der Waals surface area (Å²) in [5.41, 5.74) is 2.74. The van der Waals surface area contributed by atoms with Crippen LogP contribution in [0.4, 0.5) is 5.69 Å². The molecule has 0 fully saturated rings. The fourth-order valence-electron chi connectivity index (χ4n) is 2.58. The molecular formula is C19H20ClN5OS. The first-order valence-corrected chi connectivity index (χ1v) is 9.18. The zero-order valence-corrected chi connectivity index (χ0v) is 16.6. The number of benzene rings is 2. The van der Waals surface area contributed by atoms with Gasteiger partial charge in [0.2, 0.25) is 10.7 Å². The first-order valence-electron chi connectivity index (χ1n) is 8.39. The number of hydrogen-bond acceptors (Lipinski definition) is 4. The van der Waals surface area contributed by atoms with Crippen LogP contribution >= 0.6 is 23.8 Å². The summed E-state index contributed by atoms with van der Waals surface area (Å²) in [5.74, 6) is 0.546. The molecule has 1 heterocycles. The van der Waals surface area contributed by atoms with Crippen LogP contribution in [-0.4, -0.2) is 39.2 Å². The van der Waals surface area contributed by atoms with Crippen LogP contribution in [0.15, 0.2) is 48.5 Å². The minimum absolute atomic E-state index is 0.157. The lowest BCUT2D eigenvalue weighted by atomic mass is 10.1. The fraction of sp³-hybridized carbons (Fsp3) is 0.211. The van der Waals surface area contributed by atoms with Crippen LogP contribution in [0.25, 0.3) is 11.4 Å². The van der Waals surface area contributed by atoms with Crippen molar-refractivity contribution in [3.05, 3.63) is 63.9 Å². The third-order valence-electron chi connectivity index (χ3n) is 3.95. The molecule has 8 heteroatoms. The van der Waals surface area contributed by atoms with Gasteiger partial charge in [-0.05, 0) is 38.3 Å². The van der Waals surface area contributed by atoms with Gasteiger partial charge < -0.3 is 5.32 Å². The molecule has 3 aromatic rings. The number of carbonyl (C=O) groups is 1. The highest BCUT2D eigenvalue weighted by Gasteiger charge is 2.11. The second kappa shape index (κ2) is 8.47. The van der Waals surface area contributed by atoms with Crippen LogP contribution < -0.4 is 5.32 Å². The van der Waals surface area contributed by atoms with Gasteiger partial charge in [-0.1, -0.05) is 53.6 Å². The lowest BCUT2D eigenvalue weighted by molar-refractivity contribution is -0.117. The van der Waals surface area contributed by atoms with E-state index in [1.165, 1.54) is 5.56 Å². The summed E-state index contributed by atoms with van der Waals surface area (Å²) in [4.78, 5) is 18.5. The quantitative estimate of drug-likeness (QED) is 0.610. The average molecular weight is 402 g/mol. The van der Waals surface area contributed by atoms with E-state index in [1.807, 2.05) is 55.3 Å². The van der Waals surface area contributed by atoms with Gasteiger partial charge in [-0.25, -0.2) is 4.68 Å². The Hall–Kier alpha value is -2.48. The number of likely N-dealkylation sites (N-methyl/N-ethyl adjacent to an activating group) is 1. The van der Waals surface area contributed by atoms with E-state index in [2.05, 4.69) is 15.4 Å². The molecule has 0 radical (unpaired) electrons. The number of amides is 1. The number of aromatic amines is 1. The Kier molecular flexibility index (Phi) is 6.05. The molecule has 0 aliphatic rings. The summed E-state index contributed by atoms with van der Waals surface area (Å²) >= 11 is 11.4. The molecule has 1 amide bonds. The highest BCUT2D eigenvalue weighted by atomic mass is 35.5. The zero-order chi connectivity index (χ0) is 19.4. The van der Waals surface area contributed by atoms with E-state index in [4.69, 9.17) is 23.8 Å². The first kappa shape index (κ1) is 19.3. The van der Waals surface area contributed by atoms with Crippen LogP contribution in [0.2, 0.25) is 5.02 Å². The Morgan fingerprint density at radius 3 is 2.67 bits per heavy atom. The summed E-state index contributed by atoms with van der Waals surface area (Å²) in [6, 6.07) is 15.2. The number of anilines is 1. The molecule has 27 heavy (non-hydrogen) atoms. The van der Waals surface area contributed by atoms with Crippen molar-refractivity contribution in [1.82, 2.24) is 19.7 Å². The van der Waals surface area contributed by atoms with Crippen LogP contribution in [0.3, 0.4) is 0 Å². The highest BCUT2D eigenvalue weighted by molar-refractivity contribution is 7.71. The maximum Gasteiger partial charge on any atom is 0.238 e. The lowest BCUT2D eigenvalue weighted by Crippen LogP contribution is -2.32. The molecule has 0 saturated carbocycles. The smallest absolute Gasteiger partial charge is 0.238 e. The summed E-state index contributed by atoms with van der Waals surface area (Å²) in [6.45, 7) is 2.63. The van der Waals surface area contributed by atoms with E-state index in [9.17, 15) is 4.79 Å². The molecule has 2 aromatic carbocycles. The van der Waals surface area contributed by atoms with E-state index < -0.39 is 0 Å². The Labute approximate surface area is 167 Å². The number of carbonyl (C=O) groups excluding carboxylic acids is 1. The van der Waals surface area contributed by atoms with Gasteiger partial charge in [0.1, 0.15) is 0 Å². The fourth-order valence-corrected chi connectivity index (χ4v) is 2.96. The molecule has 2 N–H and O–H groups in total. The van der Waals surface area contributed by atoms with Crippen LogP contribution in [0, 0.1) is 11.7 Å². The summed E-state index contributed by atoms with van der Waals surface area (Å²) < 4.78 is 2.16. The maximum absolute atomic E-state index is 12.2. The summed E-state index contributed by atoms with van der Waals surface area (Å²) in [7, 11) is 1.83. The maximum atomic E-state index is 12.2. The van der Waals surface area contributed by atoms with Crippen molar-refractivity contribution < 1.29 is 4.79 Å². The van der Waals surface area contributed by atoms with Gasteiger partial charge in [-0.15, -0.1) is 0 Å². The number of para-hydroxylation sites is 1. The van der Waals surface area contributed by atoms with Crippen molar-refractivity contribution in [2.45, 2.75) is 13.6 Å². The van der Waals surface area contributed by atoms with Gasteiger partial charge >= 0.3 is 0 Å². The topological polar surface area (TPSA) is 66.0 Å². The number of aromatic nitrogens is 3. The summed E-state index contributed by atoms with van der Waals surface area (Å²) in [5, 5.41) is 6.50. The number of hydrogen-bond donors (Lipinski definition) is 2. The van der Waals surface area contributed by atoms with E-state index in [-0.39, 0.29) is 12.5 Å². The normalized spacial score (nSPS) is 11.0. The molecule has 140 valence electrons. The van der Waals surface area contributed by atoms with Gasteiger partial charge in [-0.3, -0.25) is 14.8 Å². The highest BCUT2D eigenvalue weighted by Crippen LogP contribution is 2.20. The van der Waals surface area contributed by atoms with Gasteiger partial charge in [0.05, 0.1) is 23.9 Å². The molecule has 0 bridgehead atoms. The lowest BCUT2D eigenvalue weighted by Gasteiger charge is -2.16. The minimum Gasteiger partial charge on any atom is -0.324 e. The van der Waals surface area contributed by atoms with Crippen LogP contribution in [0.1, 0.15) is 5.56 Å². The average Bonchev–Trinajstić information content (AvgIpc) is 2.98. The molecule has 1 aromatic heterocycles. The van der Waals surface area contributed by atoms with Crippen LogP contribution in [0.5, 0.6) is 0 Å². The third kappa shape index (κ3) is 5.03. The number of H-pyrrole nitrogens is 1. The molecule has 6 nitrogen and oxygen atoms in total. The van der Waals surface area contributed by atoms with Crippen molar-refractivity contribution in [1.29, 1.82) is 0 Å². The molecular weight excluding hydrogens is 382 g/mol. The van der Waals surface area contributed by atoms with Gasteiger partial charge in [0, 0.05) is 5.56 Å².